The van der Waals surface area contributed by atoms with Crippen LogP contribution in [-0.2, 0) is 9.67 Å². The van der Waals surface area contributed by atoms with E-state index in [0.717, 1.165) is 56.9 Å². The van der Waals surface area contributed by atoms with Gasteiger partial charge in [0.1, 0.15) is 4.87 Å². The molecule has 2 fully saturated rings. The molecule has 154 valence electrons. The SMILES string of the molecule is CN1CCN(CCSC(=O)C(Cl)(c2ccccc2)C2CCCC2)CC1.Cl.Cl. The lowest BCUT2D eigenvalue weighted by Gasteiger charge is -2.33. The van der Waals surface area contributed by atoms with Gasteiger partial charge in [-0.3, -0.25) is 9.69 Å². The molecule has 1 atom stereocenters. The summed E-state index contributed by atoms with van der Waals surface area (Å²) in [6.07, 6.45) is 4.49. The molecule has 1 aliphatic carbocycles. The first kappa shape index (κ1) is 25.1. The first-order valence-corrected chi connectivity index (χ1v) is 10.8. The van der Waals surface area contributed by atoms with Gasteiger partial charge in [-0.1, -0.05) is 54.9 Å². The summed E-state index contributed by atoms with van der Waals surface area (Å²) in [6, 6.07) is 10.0. The van der Waals surface area contributed by atoms with Gasteiger partial charge in [0.15, 0.2) is 0 Å². The van der Waals surface area contributed by atoms with Gasteiger partial charge in [0, 0.05) is 38.5 Å². The standard InChI is InChI=1S/C20H29ClN2OS.2ClH/c1-22-11-13-23(14-12-22)15-16-25-19(24)20(21,18-9-5-6-10-18)17-7-3-2-4-8-17;;/h2-4,7-8,18H,5-6,9-16H2,1H3;2*1H. The normalized spacial score (nSPS) is 21.1. The minimum Gasteiger partial charge on any atom is -0.304 e. The van der Waals surface area contributed by atoms with Crippen LogP contribution in [0.5, 0.6) is 0 Å². The van der Waals surface area contributed by atoms with Crippen LogP contribution in [0.3, 0.4) is 0 Å². The molecule has 0 spiro atoms. The molecule has 1 heterocycles. The van der Waals surface area contributed by atoms with E-state index in [2.05, 4.69) is 16.8 Å². The largest absolute Gasteiger partial charge is 0.304 e. The topological polar surface area (TPSA) is 23.6 Å². The molecule has 0 amide bonds. The number of thioether (sulfide) groups is 1. The Morgan fingerprint density at radius 3 is 2.30 bits per heavy atom. The summed E-state index contributed by atoms with van der Waals surface area (Å²) >= 11 is 8.50. The van der Waals surface area contributed by atoms with Crippen molar-refractivity contribution in [2.24, 2.45) is 5.92 Å². The number of rotatable bonds is 6. The summed E-state index contributed by atoms with van der Waals surface area (Å²) in [7, 11) is 2.17. The Morgan fingerprint density at radius 1 is 1.11 bits per heavy atom. The first-order chi connectivity index (χ1) is 12.1. The Balaban J connectivity index is 0.00000182. The van der Waals surface area contributed by atoms with Gasteiger partial charge in [-0.2, -0.15) is 0 Å². The molecule has 0 N–H and O–H groups in total. The molecule has 1 aromatic carbocycles. The molecule has 1 aliphatic heterocycles. The van der Waals surface area contributed by atoms with Crippen LogP contribution in [0.1, 0.15) is 31.2 Å². The molecule has 3 nitrogen and oxygen atoms in total. The highest BCUT2D eigenvalue weighted by atomic mass is 35.5. The number of nitrogens with zero attached hydrogens (tertiary/aromatic N) is 2. The summed E-state index contributed by atoms with van der Waals surface area (Å²) in [5, 5.41) is 0.140. The molecule has 3 rings (SSSR count). The van der Waals surface area contributed by atoms with Crippen LogP contribution in [-0.4, -0.2) is 60.4 Å². The Labute approximate surface area is 185 Å². The lowest BCUT2D eigenvalue weighted by atomic mass is 9.85. The second-order valence-electron chi connectivity index (χ2n) is 7.34. The zero-order valence-electron chi connectivity index (χ0n) is 15.9. The van der Waals surface area contributed by atoms with Crippen molar-refractivity contribution < 1.29 is 4.79 Å². The van der Waals surface area contributed by atoms with Gasteiger partial charge in [-0.15, -0.1) is 36.4 Å². The van der Waals surface area contributed by atoms with E-state index >= 15 is 0 Å². The number of hydrogen-bond donors (Lipinski definition) is 0. The molecule has 0 bridgehead atoms. The minimum atomic E-state index is -0.857. The van der Waals surface area contributed by atoms with E-state index in [9.17, 15) is 4.79 Å². The third-order valence-corrected chi connectivity index (χ3v) is 7.43. The molecule has 1 aromatic rings. The molecule has 1 saturated heterocycles. The van der Waals surface area contributed by atoms with E-state index in [1.807, 2.05) is 30.3 Å². The fraction of sp³-hybridized carbons (Fsp3) is 0.650. The maximum absolute atomic E-state index is 13.2. The fourth-order valence-corrected chi connectivity index (χ4v) is 5.51. The molecule has 1 unspecified atom stereocenters. The Morgan fingerprint density at radius 2 is 1.70 bits per heavy atom. The van der Waals surface area contributed by atoms with Crippen molar-refractivity contribution in [3.63, 3.8) is 0 Å². The van der Waals surface area contributed by atoms with Crippen LogP contribution in [0.15, 0.2) is 30.3 Å². The number of halogens is 3. The second kappa shape index (κ2) is 11.9. The zero-order valence-corrected chi connectivity index (χ0v) is 19.1. The summed E-state index contributed by atoms with van der Waals surface area (Å²) in [5.74, 6) is 1.09. The highest BCUT2D eigenvalue weighted by molar-refractivity contribution is 8.13. The lowest BCUT2D eigenvalue weighted by Crippen LogP contribution is -2.45. The number of carbonyl (C=O) groups excluding carboxylic acids is 1. The summed E-state index contributed by atoms with van der Waals surface area (Å²) in [6.45, 7) is 5.39. The van der Waals surface area contributed by atoms with Crippen molar-refractivity contribution in [3.8, 4) is 0 Å². The third kappa shape index (κ3) is 6.25. The maximum Gasteiger partial charge on any atom is 0.214 e. The number of hydrogen-bond acceptors (Lipinski definition) is 4. The minimum absolute atomic E-state index is 0. The van der Waals surface area contributed by atoms with Gasteiger partial charge in [-0.25, -0.2) is 0 Å². The summed E-state index contributed by atoms with van der Waals surface area (Å²) in [4.78, 5) is 17.1. The molecule has 1 saturated carbocycles. The number of piperazine rings is 1. The number of benzene rings is 1. The second-order valence-corrected chi connectivity index (χ2v) is 9.00. The average molecular weight is 454 g/mol. The summed E-state index contributed by atoms with van der Waals surface area (Å²) < 4.78 is 0. The first-order valence-electron chi connectivity index (χ1n) is 9.43. The quantitative estimate of drug-likeness (QED) is 0.584. The number of carbonyl (C=O) groups is 1. The highest BCUT2D eigenvalue weighted by Gasteiger charge is 2.46. The van der Waals surface area contributed by atoms with Crippen molar-refractivity contribution in [3.05, 3.63) is 35.9 Å². The van der Waals surface area contributed by atoms with Crippen LogP contribution < -0.4 is 0 Å². The molecular weight excluding hydrogens is 423 g/mol. The molecule has 7 heteroatoms. The van der Waals surface area contributed by atoms with E-state index < -0.39 is 4.87 Å². The van der Waals surface area contributed by atoms with Gasteiger partial charge < -0.3 is 4.90 Å². The van der Waals surface area contributed by atoms with Crippen molar-refractivity contribution in [1.29, 1.82) is 0 Å². The monoisotopic (exact) mass is 452 g/mol. The Hall–Kier alpha value is 0.0300. The molecule has 27 heavy (non-hydrogen) atoms. The highest BCUT2D eigenvalue weighted by Crippen LogP contribution is 2.48. The maximum atomic E-state index is 13.2. The predicted octanol–water partition coefficient (Wildman–Crippen LogP) is 4.66. The van der Waals surface area contributed by atoms with E-state index in [0.29, 0.717) is 0 Å². The van der Waals surface area contributed by atoms with Crippen LogP contribution in [0.4, 0.5) is 0 Å². The van der Waals surface area contributed by atoms with Gasteiger partial charge in [0.05, 0.1) is 0 Å². The van der Waals surface area contributed by atoms with Crippen molar-refractivity contribution in [2.45, 2.75) is 30.6 Å². The van der Waals surface area contributed by atoms with Crippen LogP contribution in [0.2, 0.25) is 0 Å². The van der Waals surface area contributed by atoms with Crippen LogP contribution in [0.25, 0.3) is 0 Å². The van der Waals surface area contributed by atoms with Crippen LogP contribution >= 0.6 is 48.2 Å². The smallest absolute Gasteiger partial charge is 0.214 e. The van der Waals surface area contributed by atoms with Gasteiger partial charge >= 0.3 is 0 Å². The van der Waals surface area contributed by atoms with Gasteiger partial charge in [0.2, 0.25) is 5.12 Å². The van der Waals surface area contributed by atoms with Crippen LogP contribution in [0, 0.1) is 5.92 Å². The molecular formula is C20H31Cl3N2OS. The Bertz CT molecular complexity index is 564. The van der Waals surface area contributed by atoms with Crippen molar-refractivity contribution in [2.75, 3.05) is 45.5 Å². The van der Waals surface area contributed by atoms with E-state index in [1.165, 1.54) is 24.6 Å². The van der Waals surface area contributed by atoms with Crippen molar-refractivity contribution in [1.82, 2.24) is 9.80 Å². The number of likely N-dealkylation sites (N-methyl/N-ethyl adjacent to an activating group) is 1. The fourth-order valence-electron chi connectivity index (χ4n) is 3.97. The van der Waals surface area contributed by atoms with Gasteiger partial charge in [-0.05, 0) is 31.4 Å². The van der Waals surface area contributed by atoms with Crippen molar-refractivity contribution >= 4 is 53.3 Å². The van der Waals surface area contributed by atoms with Gasteiger partial charge in [0.25, 0.3) is 0 Å². The number of alkyl halides is 1. The van der Waals surface area contributed by atoms with E-state index in [1.54, 1.807) is 0 Å². The third-order valence-electron chi connectivity index (χ3n) is 5.65. The molecule has 0 radical (unpaired) electrons. The van der Waals surface area contributed by atoms with E-state index in [-0.39, 0.29) is 35.8 Å². The van der Waals surface area contributed by atoms with E-state index in [4.69, 9.17) is 11.6 Å². The lowest BCUT2D eigenvalue weighted by molar-refractivity contribution is -0.114. The Kier molecular flexibility index (Phi) is 11.0. The molecule has 2 aliphatic rings. The predicted molar refractivity (Wildman–Crippen MR) is 122 cm³/mol. The summed E-state index contributed by atoms with van der Waals surface area (Å²) in [5.41, 5.74) is 0.973. The zero-order chi connectivity index (χ0) is 17.7. The average Bonchev–Trinajstić information content (AvgIpc) is 3.18. The molecule has 0 aromatic heterocycles.